The Hall–Kier alpha value is -2.10. The molecule has 2 aromatic rings. The molecule has 2 fully saturated rings. The van der Waals surface area contributed by atoms with Crippen LogP contribution in [-0.4, -0.2) is 16.0 Å². The minimum absolute atomic E-state index is 0.572. The highest BCUT2D eigenvalue weighted by Crippen LogP contribution is 2.40. The van der Waals surface area contributed by atoms with E-state index in [2.05, 4.69) is 53.7 Å². The molecule has 1 aromatic heterocycles. The number of aromatic nitrogens is 2. The van der Waals surface area contributed by atoms with Crippen LogP contribution < -0.4 is 10.6 Å². The van der Waals surface area contributed by atoms with Crippen LogP contribution >= 0.6 is 0 Å². The number of aryl methyl sites for hydroxylation is 2. The monoisotopic (exact) mass is 294 g/mol. The zero-order valence-electron chi connectivity index (χ0n) is 13.2. The molecular formula is C18H22N4. The first kappa shape index (κ1) is 13.6. The molecular weight excluding hydrogens is 272 g/mol. The lowest BCUT2D eigenvalue weighted by Crippen LogP contribution is -2.08. The molecule has 2 aliphatic rings. The molecule has 22 heavy (non-hydrogen) atoms. The van der Waals surface area contributed by atoms with E-state index in [0.29, 0.717) is 12.0 Å². The van der Waals surface area contributed by atoms with Crippen LogP contribution in [0.3, 0.4) is 0 Å². The van der Waals surface area contributed by atoms with Gasteiger partial charge in [0.25, 0.3) is 0 Å². The third-order valence-electron chi connectivity index (χ3n) is 4.31. The fourth-order valence-corrected chi connectivity index (χ4v) is 2.60. The Morgan fingerprint density at radius 3 is 2.55 bits per heavy atom. The standard InChI is InChI=1S/C18H22N4/c1-11-3-4-12(2)15(9-11)20-17-10-16(13-5-6-13)21-18(22-17)19-14-7-8-14/h3-4,9-10,13-14H,5-8H2,1-2H3,(H2,19,20,21,22). The van der Waals surface area contributed by atoms with Crippen molar-refractivity contribution >= 4 is 17.5 Å². The van der Waals surface area contributed by atoms with Gasteiger partial charge in [-0.15, -0.1) is 0 Å². The van der Waals surface area contributed by atoms with Crippen molar-refractivity contribution in [1.29, 1.82) is 0 Å². The summed E-state index contributed by atoms with van der Waals surface area (Å²) in [6, 6.07) is 9.13. The van der Waals surface area contributed by atoms with Crippen LogP contribution in [0.4, 0.5) is 17.5 Å². The zero-order chi connectivity index (χ0) is 15.1. The van der Waals surface area contributed by atoms with Crippen molar-refractivity contribution in [1.82, 2.24) is 9.97 Å². The highest BCUT2D eigenvalue weighted by atomic mass is 15.2. The highest BCUT2D eigenvalue weighted by molar-refractivity contribution is 5.62. The van der Waals surface area contributed by atoms with Gasteiger partial charge < -0.3 is 10.6 Å². The molecule has 0 amide bonds. The van der Waals surface area contributed by atoms with Crippen LogP contribution in [0.2, 0.25) is 0 Å². The van der Waals surface area contributed by atoms with E-state index < -0.39 is 0 Å². The summed E-state index contributed by atoms with van der Waals surface area (Å²) in [6.45, 7) is 4.23. The highest BCUT2D eigenvalue weighted by Gasteiger charge is 2.27. The second-order valence-electron chi connectivity index (χ2n) is 6.64. The van der Waals surface area contributed by atoms with Crippen LogP contribution in [0, 0.1) is 13.8 Å². The largest absolute Gasteiger partial charge is 0.351 e. The Morgan fingerprint density at radius 1 is 1.00 bits per heavy atom. The summed E-state index contributed by atoms with van der Waals surface area (Å²) < 4.78 is 0. The summed E-state index contributed by atoms with van der Waals surface area (Å²) in [5, 5.41) is 6.91. The van der Waals surface area contributed by atoms with Crippen molar-refractivity contribution in [3.05, 3.63) is 41.1 Å². The summed E-state index contributed by atoms with van der Waals surface area (Å²) >= 11 is 0. The molecule has 0 radical (unpaired) electrons. The minimum Gasteiger partial charge on any atom is -0.351 e. The van der Waals surface area contributed by atoms with Crippen molar-refractivity contribution in [3.63, 3.8) is 0 Å². The van der Waals surface area contributed by atoms with E-state index in [0.717, 1.165) is 17.5 Å². The van der Waals surface area contributed by atoms with Gasteiger partial charge in [0.2, 0.25) is 5.95 Å². The molecule has 0 spiro atoms. The quantitative estimate of drug-likeness (QED) is 0.863. The van der Waals surface area contributed by atoms with Crippen LogP contribution in [0.5, 0.6) is 0 Å². The van der Waals surface area contributed by atoms with Gasteiger partial charge in [0.1, 0.15) is 5.82 Å². The first-order valence-corrected chi connectivity index (χ1v) is 8.17. The number of nitrogens with zero attached hydrogens (tertiary/aromatic N) is 2. The predicted octanol–water partition coefficient (Wildman–Crippen LogP) is 4.29. The van der Waals surface area contributed by atoms with E-state index in [-0.39, 0.29) is 0 Å². The topological polar surface area (TPSA) is 49.8 Å². The molecule has 0 atom stereocenters. The van der Waals surface area contributed by atoms with E-state index >= 15 is 0 Å². The summed E-state index contributed by atoms with van der Waals surface area (Å²) in [4.78, 5) is 9.35. The summed E-state index contributed by atoms with van der Waals surface area (Å²) in [6.07, 6.45) is 4.97. The molecule has 2 saturated carbocycles. The van der Waals surface area contributed by atoms with Gasteiger partial charge >= 0.3 is 0 Å². The Bertz CT molecular complexity index is 702. The molecule has 1 heterocycles. The number of anilines is 3. The van der Waals surface area contributed by atoms with E-state index in [1.54, 1.807) is 0 Å². The summed E-state index contributed by atoms with van der Waals surface area (Å²) in [5.74, 6) is 2.30. The normalized spacial score (nSPS) is 17.4. The van der Waals surface area contributed by atoms with Crippen LogP contribution in [0.15, 0.2) is 24.3 Å². The van der Waals surface area contributed by atoms with E-state index in [1.165, 1.54) is 42.5 Å². The maximum atomic E-state index is 4.69. The summed E-state index contributed by atoms with van der Waals surface area (Å²) in [7, 11) is 0. The molecule has 1 aromatic carbocycles. The molecule has 4 heteroatoms. The fourth-order valence-electron chi connectivity index (χ4n) is 2.60. The van der Waals surface area contributed by atoms with Crippen molar-refractivity contribution < 1.29 is 0 Å². The molecule has 0 aliphatic heterocycles. The molecule has 114 valence electrons. The molecule has 4 rings (SSSR count). The average molecular weight is 294 g/mol. The van der Waals surface area contributed by atoms with Crippen LogP contribution in [0.25, 0.3) is 0 Å². The number of nitrogens with one attached hydrogen (secondary N) is 2. The van der Waals surface area contributed by atoms with E-state index in [1.807, 2.05) is 0 Å². The SMILES string of the molecule is Cc1ccc(C)c(Nc2cc(C3CC3)nc(NC3CC3)n2)c1. The lowest BCUT2D eigenvalue weighted by atomic mass is 10.1. The van der Waals surface area contributed by atoms with Crippen molar-refractivity contribution in [2.75, 3.05) is 10.6 Å². The van der Waals surface area contributed by atoms with Gasteiger partial charge in [0.15, 0.2) is 0 Å². The third kappa shape index (κ3) is 3.06. The molecule has 0 unspecified atom stereocenters. The Morgan fingerprint density at radius 2 is 1.82 bits per heavy atom. The van der Waals surface area contributed by atoms with Gasteiger partial charge in [-0.2, -0.15) is 4.98 Å². The van der Waals surface area contributed by atoms with Crippen molar-refractivity contribution in [2.24, 2.45) is 0 Å². The van der Waals surface area contributed by atoms with Gasteiger partial charge in [-0.25, -0.2) is 4.98 Å². The molecule has 4 nitrogen and oxygen atoms in total. The first-order valence-electron chi connectivity index (χ1n) is 8.17. The van der Waals surface area contributed by atoms with Gasteiger partial charge in [0, 0.05) is 23.7 Å². The fraction of sp³-hybridized carbons (Fsp3) is 0.444. The number of hydrogen-bond donors (Lipinski definition) is 2. The maximum absolute atomic E-state index is 4.69. The molecule has 0 saturated heterocycles. The Labute approximate surface area is 131 Å². The second kappa shape index (κ2) is 5.27. The maximum Gasteiger partial charge on any atom is 0.225 e. The number of hydrogen-bond acceptors (Lipinski definition) is 4. The van der Waals surface area contributed by atoms with Gasteiger partial charge in [0.05, 0.1) is 5.69 Å². The number of benzene rings is 1. The van der Waals surface area contributed by atoms with Gasteiger partial charge in [-0.05, 0) is 56.7 Å². The van der Waals surface area contributed by atoms with Crippen molar-refractivity contribution in [2.45, 2.75) is 51.5 Å². The number of rotatable bonds is 5. The predicted molar refractivity (Wildman–Crippen MR) is 89.9 cm³/mol. The molecule has 0 bridgehead atoms. The van der Waals surface area contributed by atoms with Crippen LogP contribution in [-0.2, 0) is 0 Å². The zero-order valence-corrected chi connectivity index (χ0v) is 13.2. The Kier molecular flexibility index (Phi) is 3.25. The van der Waals surface area contributed by atoms with Gasteiger partial charge in [-0.3, -0.25) is 0 Å². The third-order valence-corrected chi connectivity index (χ3v) is 4.31. The van der Waals surface area contributed by atoms with E-state index in [9.17, 15) is 0 Å². The average Bonchev–Trinajstić information content (AvgIpc) is 3.35. The van der Waals surface area contributed by atoms with E-state index in [4.69, 9.17) is 4.98 Å². The minimum atomic E-state index is 0.572. The lowest BCUT2D eigenvalue weighted by Gasteiger charge is -2.13. The smallest absolute Gasteiger partial charge is 0.225 e. The Balaban J connectivity index is 1.64. The van der Waals surface area contributed by atoms with Crippen molar-refractivity contribution in [3.8, 4) is 0 Å². The second-order valence-corrected chi connectivity index (χ2v) is 6.64. The van der Waals surface area contributed by atoms with Gasteiger partial charge in [-0.1, -0.05) is 12.1 Å². The lowest BCUT2D eigenvalue weighted by molar-refractivity contribution is 0.968. The summed E-state index contributed by atoms with van der Waals surface area (Å²) in [5.41, 5.74) is 4.78. The molecule has 2 N–H and O–H groups in total. The van der Waals surface area contributed by atoms with Crippen LogP contribution in [0.1, 0.15) is 48.4 Å². The first-order chi connectivity index (χ1) is 10.7. The molecule has 2 aliphatic carbocycles.